The van der Waals surface area contributed by atoms with Gasteiger partial charge in [-0.3, -0.25) is 9.59 Å². The first kappa shape index (κ1) is 16.6. The number of carboxylic acids is 1. The molecule has 5 nitrogen and oxygen atoms in total. The summed E-state index contributed by atoms with van der Waals surface area (Å²) in [5.74, 6) is -2.84. The fraction of sp³-hybridized carbons (Fsp3) is 0.500. The van der Waals surface area contributed by atoms with Gasteiger partial charge in [-0.2, -0.15) is 0 Å². The normalized spacial score (nSPS) is 32.0. The van der Waals surface area contributed by atoms with Gasteiger partial charge in [-0.05, 0) is 31.9 Å². The molecule has 0 spiro atoms. The molecule has 2 bridgehead atoms. The average molecular weight is 358 g/mol. The zero-order chi connectivity index (χ0) is 16.8. The summed E-state index contributed by atoms with van der Waals surface area (Å²) in [6, 6.07) is 5.11. The molecule has 0 aromatic heterocycles. The number of hydrogen-bond donors (Lipinski definition) is 2. The maximum Gasteiger partial charge on any atom is 0.310 e. The second-order valence-corrected chi connectivity index (χ2v) is 7.08. The lowest BCUT2D eigenvalue weighted by Crippen LogP contribution is -2.47. The smallest absolute Gasteiger partial charge is 0.310 e. The molecule has 23 heavy (non-hydrogen) atoms. The van der Waals surface area contributed by atoms with Gasteiger partial charge in [0.25, 0.3) is 0 Å². The first-order chi connectivity index (χ1) is 10.8. The highest BCUT2D eigenvalue weighted by Gasteiger charge is 2.62. The van der Waals surface area contributed by atoms with E-state index < -0.39 is 23.4 Å². The molecule has 1 amide bonds. The van der Waals surface area contributed by atoms with Gasteiger partial charge in [-0.25, -0.2) is 0 Å². The van der Waals surface area contributed by atoms with E-state index in [1.807, 2.05) is 0 Å². The highest BCUT2D eigenvalue weighted by molar-refractivity contribution is 6.36. The quantitative estimate of drug-likeness (QED) is 0.868. The van der Waals surface area contributed by atoms with Gasteiger partial charge in [-0.15, -0.1) is 0 Å². The fourth-order valence-electron chi connectivity index (χ4n) is 3.70. The van der Waals surface area contributed by atoms with Crippen LogP contribution in [-0.2, 0) is 20.9 Å². The molecule has 2 saturated heterocycles. The first-order valence-corrected chi connectivity index (χ1v) is 8.20. The van der Waals surface area contributed by atoms with E-state index in [1.54, 1.807) is 25.1 Å². The Hall–Kier alpha value is -1.30. The van der Waals surface area contributed by atoms with Gasteiger partial charge in [0.05, 0.1) is 23.5 Å². The van der Waals surface area contributed by atoms with Crippen molar-refractivity contribution in [3.8, 4) is 0 Å². The van der Waals surface area contributed by atoms with Gasteiger partial charge in [-0.1, -0.05) is 29.3 Å². The minimum absolute atomic E-state index is 0.156. The van der Waals surface area contributed by atoms with E-state index >= 15 is 0 Å². The molecule has 0 radical (unpaired) electrons. The Morgan fingerprint density at radius 1 is 1.39 bits per heavy atom. The maximum atomic E-state index is 12.5. The zero-order valence-corrected chi connectivity index (χ0v) is 14.0. The van der Waals surface area contributed by atoms with Crippen molar-refractivity contribution in [1.29, 1.82) is 0 Å². The van der Waals surface area contributed by atoms with E-state index in [4.69, 9.17) is 27.9 Å². The van der Waals surface area contributed by atoms with Crippen molar-refractivity contribution in [3.05, 3.63) is 33.8 Å². The van der Waals surface area contributed by atoms with Crippen LogP contribution in [0.1, 0.15) is 25.3 Å². The molecule has 3 rings (SSSR count). The molecule has 2 aliphatic rings. The van der Waals surface area contributed by atoms with E-state index in [2.05, 4.69) is 5.32 Å². The molecule has 2 unspecified atom stereocenters. The number of rotatable bonds is 4. The minimum Gasteiger partial charge on any atom is -0.481 e. The third-order valence-electron chi connectivity index (χ3n) is 4.83. The number of carboxylic acid groups (broad SMARTS) is 1. The number of aliphatic carboxylic acids is 1. The van der Waals surface area contributed by atoms with Crippen LogP contribution in [0.15, 0.2) is 18.2 Å². The van der Waals surface area contributed by atoms with Gasteiger partial charge < -0.3 is 15.2 Å². The van der Waals surface area contributed by atoms with Crippen LogP contribution in [0.4, 0.5) is 0 Å². The highest BCUT2D eigenvalue weighted by atomic mass is 35.5. The number of halogens is 2. The molecule has 0 saturated carbocycles. The van der Waals surface area contributed by atoms with E-state index in [0.29, 0.717) is 28.5 Å². The lowest BCUT2D eigenvalue weighted by Gasteiger charge is -2.29. The summed E-state index contributed by atoms with van der Waals surface area (Å²) < 4.78 is 5.77. The van der Waals surface area contributed by atoms with Crippen molar-refractivity contribution in [3.63, 3.8) is 0 Å². The van der Waals surface area contributed by atoms with E-state index in [1.165, 1.54) is 0 Å². The summed E-state index contributed by atoms with van der Waals surface area (Å²) in [6.07, 6.45) is 1.02. The van der Waals surface area contributed by atoms with Gasteiger partial charge in [0.2, 0.25) is 5.91 Å². The number of hydrogen-bond acceptors (Lipinski definition) is 3. The van der Waals surface area contributed by atoms with Crippen LogP contribution < -0.4 is 5.32 Å². The lowest BCUT2D eigenvalue weighted by molar-refractivity contribution is -0.150. The van der Waals surface area contributed by atoms with Crippen molar-refractivity contribution in [2.24, 2.45) is 11.8 Å². The third kappa shape index (κ3) is 2.82. The van der Waals surface area contributed by atoms with Gasteiger partial charge in [0, 0.05) is 22.2 Å². The number of carbonyl (C=O) groups is 2. The van der Waals surface area contributed by atoms with Crippen molar-refractivity contribution < 1.29 is 19.4 Å². The van der Waals surface area contributed by atoms with Crippen LogP contribution in [0.2, 0.25) is 10.0 Å². The van der Waals surface area contributed by atoms with Crippen molar-refractivity contribution in [1.82, 2.24) is 5.32 Å². The monoisotopic (exact) mass is 357 g/mol. The Morgan fingerprint density at radius 3 is 2.65 bits per heavy atom. The predicted molar refractivity (Wildman–Crippen MR) is 85.4 cm³/mol. The topological polar surface area (TPSA) is 75.6 Å². The Labute approximate surface area is 143 Å². The van der Waals surface area contributed by atoms with Crippen molar-refractivity contribution in [2.45, 2.75) is 38.0 Å². The van der Waals surface area contributed by atoms with Gasteiger partial charge in [0.15, 0.2) is 0 Å². The zero-order valence-electron chi connectivity index (χ0n) is 12.5. The van der Waals surface area contributed by atoms with Crippen molar-refractivity contribution in [2.75, 3.05) is 0 Å². The Bertz CT molecular complexity index is 645. The number of benzene rings is 1. The molecule has 1 aromatic carbocycles. The van der Waals surface area contributed by atoms with Gasteiger partial charge in [0.1, 0.15) is 0 Å². The fourth-order valence-corrected chi connectivity index (χ4v) is 4.23. The van der Waals surface area contributed by atoms with Crippen LogP contribution >= 0.6 is 23.2 Å². The Kier molecular flexibility index (Phi) is 4.29. The molecular formula is C16H17Cl2NO4. The average Bonchev–Trinajstić information content (AvgIpc) is 2.99. The first-order valence-electron chi connectivity index (χ1n) is 7.45. The lowest BCUT2D eigenvalue weighted by atomic mass is 9.72. The number of ether oxygens (including phenoxy) is 1. The van der Waals surface area contributed by atoms with Crippen LogP contribution in [0.5, 0.6) is 0 Å². The number of nitrogens with one attached hydrogen (secondary N) is 1. The molecule has 4 atom stereocenters. The molecule has 2 fully saturated rings. The summed E-state index contributed by atoms with van der Waals surface area (Å²) >= 11 is 12.2. The largest absolute Gasteiger partial charge is 0.481 e. The van der Waals surface area contributed by atoms with Gasteiger partial charge >= 0.3 is 5.97 Å². The number of fused-ring (bicyclic) bond motifs is 2. The minimum atomic E-state index is -0.995. The summed E-state index contributed by atoms with van der Waals surface area (Å²) in [6.45, 7) is 1.92. The third-order valence-corrected chi connectivity index (χ3v) is 5.54. The second kappa shape index (κ2) is 5.96. The highest BCUT2D eigenvalue weighted by Crippen LogP contribution is 2.51. The van der Waals surface area contributed by atoms with E-state index in [9.17, 15) is 14.7 Å². The molecule has 2 aliphatic heterocycles. The summed E-state index contributed by atoms with van der Waals surface area (Å²) in [5.41, 5.74) is -0.146. The molecule has 124 valence electrons. The molecular weight excluding hydrogens is 341 g/mol. The number of amides is 1. The molecule has 2 N–H and O–H groups in total. The number of carbonyl (C=O) groups excluding carboxylic acids is 1. The van der Waals surface area contributed by atoms with Crippen LogP contribution in [0, 0.1) is 11.8 Å². The Morgan fingerprint density at radius 2 is 2.04 bits per heavy atom. The van der Waals surface area contributed by atoms with E-state index in [-0.39, 0.29) is 18.6 Å². The predicted octanol–water partition coefficient (Wildman–Crippen LogP) is 2.88. The van der Waals surface area contributed by atoms with Crippen LogP contribution in [0.3, 0.4) is 0 Å². The molecule has 7 heteroatoms. The SMILES string of the molecule is CC12CCC(O1)[C@@H](C(=O)NCc1c(Cl)cccc1Cl)[C@H]2C(=O)O. The van der Waals surface area contributed by atoms with Crippen molar-refractivity contribution >= 4 is 35.1 Å². The van der Waals surface area contributed by atoms with E-state index in [0.717, 1.165) is 0 Å². The summed E-state index contributed by atoms with van der Waals surface area (Å²) in [7, 11) is 0. The molecule has 2 heterocycles. The van der Waals surface area contributed by atoms with Crippen LogP contribution in [0.25, 0.3) is 0 Å². The summed E-state index contributed by atoms with van der Waals surface area (Å²) in [5, 5.41) is 13.2. The molecule has 0 aliphatic carbocycles. The second-order valence-electron chi connectivity index (χ2n) is 6.27. The summed E-state index contributed by atoms with van der Waals surface area (Å²) in [4.78, 5) is 24.1. The van der Waals surface area contributed by atoms with Crippen LogP contribution in [-0.4, -0.2) is 28.7 Å². The Balaban J connectivity index is 1.75. The molecule has 1 aromatic rings. The standard InChI is InChI=1S/C16H17Cl2NO4/c1-16-6-5-11(23-16)12(13(16)15(21)22)14(20)19-7-8-9(17)3-2-4-10(8)18/h2-4,11-13H,5-7H2,1H3,(H,19,20)(H,21,22)/t11?,12-,13+,16?/m1/s1. The maximum absolute atomic E-state index is 12.5.